The number of hydrogen-bond acceptors (Lipinski definition) is 3. The number of hydrogen-bond donors (Lipinski definition) is 1. The van der Waals surface area contributed by atoms with Gasteiger partial charge >= 0.3 is 0 Å². The molecule has 6 heteroatoms. The topological polar surface area (TPSA) is 49.4 Å². The number of anilines is 1. The quantitative estimate of drug-likeness (QED) is 0.293. The zero-order valence-corrected chi connectivity index (χ0v) is 21.1. The minimum atomic E-state index is -0.318. The highest BCUT2D eigenvalue weighted by Gasteiger charge is 2.30. The fraction of sp³-hybridized carbons (Fsp3) is 0.0968. The number of thioether (sulfide) groups is 1. The first-order valence-corrected chi connectivity index (χ1v) is 12.8. The van der Waals surface area contributed by atoms with Gasteiger partial charge in [0.05, 0.1) is 17.1 Å². The maximum absolute atomic E-state index is 13.7. The normalized spacial score (nSPS) is 13.9. The number of rotatable bonds is 6. The Balaban J connectivity index is 1.46. The SMILES string of the molecule is Cc1cccc(CN2C(=O)/C(=C/c3ccccc3)Sc3ccc(C(=O)NCc4ccc(F)cc4)cc32)c1. The van der Waals surface area contributed by atoms with Crippen molar-refractivity contribution >= 4 is 35.3 Å². The molecule has 4 nitrogen and oxygen atoms in total. The molecule has 0 aromatic heterocycles. The Bertz CT molecular complexity index is 1480. The van der Waals surface area contributed by atoms with Crippen molar-refractivity contribution in [2.75, 3.05) is 4.90 Å². The molecule has 0 bridgehead atoms. The molecule has 1 aliphatic rings. The molecule has 1 heterocycles. The number of carbonyl (C=O) groups excluding carboxylic acids is 2. The van der Waals surface area contributed by atoms with Crippen LogP contribution in [-0.2, 0) is 17.9 Å². The van der Waals surface area contributed by atoms with Gasteiger partial charge in [0.1, 0.15) is 5.82 Å². The zero-order chi connectivity index (χ0) is 25.8. The Kier molecular flexibility index (Phi) is 7.19. The Morgan fingerprint density at radius 3 is 2.46 bits per heavy atom. The second-order valence-corrected chi connectivity index (χ2v) is 9.98. The van der Waals surface area contributed by atoms with E-state index in [0.717, 1.165) is 27.1 Å². The van der Waals surface area contributed by atoms with Crippen LogP contribution in [0, 0.1) is 12.7 Å². The highest BCUT2D eigenvalue weighted by atomic mass is 32.2. The van der Waals surface area contributed by atoms with Gasteiger partial charge in [-0.15, -0.1) is 0 Å². The minimum Gasteiger partial charge on any atom is -0.348 e. The summed E-state index contributed by atoms with van der Waals surface area (Å²) >= 11 is 1.41. The van der Waals surface area contributed by atoms with Crippen LogP contribution in [0.2, 0.25) is 0 Å². The van der Waals surface area contributed by atoms with E-state index in [1.54, 1.807) is 29.2 Å². The fourth-order valence-electron chi connectivity index (χ4n) is 4.19. The molecule has 1 N–H and O–H groups in total. The molecule has 4 aromatic rings. The van der Waals surface area contributed by atoms with Crippen molar-refractivity contribution in [3.63, 3.8) is 0 Å². The summed E-state index contributed by atoms with van der Waals surface area (Å²) in [6, 6.07) is 29.3. The van der Waals surface area contributed by atoms with Crippen molar-refractivity contribution in [2.45, 2.75) is 24.9 Å². The third kappa shape index (κ3) is 5.81. The number of nitrogens with one attached hydrogen (secondary N) is 1. The first-order valence-electron chi connectivity index (χ1n) is 11.9. The van der Waals surface area contributed by atoms with E-state index in [1.807, 2.05) is 67.6 Å². The average Bonchev–Trinajstić information content (AvgIpc) is 2.91. The van der Waals surface area contributed by atoms with Gasteiger partial charge in [-0.2, -0.15) is 0 Å². The van der Waals surface area contributed by atoms with Crippen molar-refractivity contribution in [1.82, 2.24) is 5.32 Å². The van der Waals surface area contributed by atoms with Gasteiger partial charge in [0, 0.05) is 17.0 Å². The number of halogens is 1. The van der Waals surface area contributed by atoms with Crippen LogP contribution < -0.4 is 10.2 Å². The molecule has 0 spiro atoms. The van der Waals surface area contributed by atoms with E-state index in [9.17, 15) is 14.0 Å². The lowest BCUT2D eigenvalue weighted by Crippen LogP contribution is -2.34. The molecule has 0 radical (unpaired) electrons. The van der Waals surface area contributed by atoms with Crippen LogP contribution in [0.5, 0.6) is 0 Å². The second kappa shape index (κ2) is 10.8. The van der Waals surface area contributed by atoms with Crippen molar-refractivity contribution in [2.24, 2.45) is 0 Å². The Morgan fingerprint density at radius 2 is 1.70 bits per heavy atom. The summed E-state index contributed by atoms with van der Waals surface area (Å²) in [4.78, 5) is 29.9. The van der Waals surface area contributed by atoms with Crippen molar-refractivity contribution in [3.05, 3.63) is 136 Å². The number of benzene rings is 4. The lowest BCUT2D eigenvalue weighted by Gasteiger charge is -2.31. The highest BCUT2D eigenvalue weighted by Crippen LogP contribution is 2.43. The van der Waals surface area contributed by atoms with Crippen molar-refractivity contribution in [1.29, 1.82) is 0 Å². The second-order valence-electron chi connectivity index (χ2n) is 8.89. The lowest BCUT2D eigenvalue weighted by molar-refractivity contribution is -0.114. The number of carbonyl (C=O) groups is 2. The van der Waals surface area contributed by atoms with Gasteiger partial charge in [0.2, 0.25) is 0 Å². The summed E-state index contributed by atoms with van der Waals surface area (Å²) in [5.41, 5.74) is 5.04. The maximum Gasteiger partial charge on any atom is 0.265 e. The first-order chi connectivity index (χ1) is 18.0. The van der Waals surface area contributed by atoms with Crippen LogP contribution in [0.15, 0.2) is 107 Å². The van der Waals surface area contributed by atoms with Gasteiger partial charge in [-0.25, -0.2) is 4.39 Å². The van der Waals surface area contributed by atoms with E-state index in [2.05, 4.69) is 11.4 Å². The number of nitrogens with zero attached hydrogens (tertiary/aromatic N) is 1. The third-order valence-electron chi connectivity index (χ3n) is 6.07. The molecule has 0 atom stereocenters. The molecule has 0 saturated heterocycles. The van der Waals surface area contributed by atoms with Crippen LogP contribution in [-0.4, -0.2) is 11.8 Å². The summed E-state index contributed by atoms with van der Waals surface area (Å²) in [6.45, 7) is 2.69. The molecule has 0 saturated carbocycles. The first kappa shape index (κ1) is 24.5. The van der Waals surface area contributed by atoms with Crippen molar-refractivity contribution < 1.29 is 14.0 Å². The summed E-state index contributed by atoms with van der Waals surface area (Å²) in [7, 11) is 0. The summed E-state index contributed by atoms with van der Waals surface area (Å²) in [5.74, 6) is -0.682. The Hall–Kier alpha value is -4.16. The maximum atomic E-state index is 13.7. The van der Waals surface area contributed by atoms with E-state index in [0.29, 0.717) is 22.7 Å². The molecule has 2 amide bonds. The van der Waals surface area contributed by atoms with Gasteiger partial charge < -0.3 is 10.2 Å². The van der Waals surface area contributed by atoms with Crippen LogP contribution in [0.25, 0.3) is 6.08 Å². The molecular weight excluding hydrogens is 483 g/mol. The molecular formula is C31H25FN2O2S. The minimum absolute atomic E-state index is 0.105. The van der Waals surface area contributed by atoms with Crippen LogP contribution in [0.1, 0.15) is 32.6 Å². The molecule has 0 aliphatic carbocycles. The van der Waals surface area contributed by atoms with E-state index in [1.165, 1.54) is 23.9 Å². The van der Waals surface area contributed by atoms with Crippen molar-refractivity contribution in [3.8, 4) is 0 Å². The van der Waals surface area contributed by atoms with E-state index in [4.69, 9.17) is 0 Å². The molecule has 37 heavy (non-hydrogen) atoms. The molecule has 1 aliphatic heterocycles. The summed E-state index contributed by atoms with van der Waals surface area (Å²) in [6.07, 6.45) is 1.91. The largest absolute Gasteiger partial charge is 0.348 e. The number of aryl methyl sites for hydroxylation is 1. The lowest BCUT2D eigenvalue weighted by atomic mass is 10.1. The molecule has 0 unspecified atom stereocenters. The number of amides is 2. The third-order valence-corrected chi connectivity index (χ3v) is 7.15. The summed E-state index contributed by atoms with van der Waals surface area (Å²) in [5, 5.41) is 2.88. The van der Waals surface area contributed by atoms with Gasteiger partial charge in [-0.05, 0) is 60.0 Å². The van der Waals surface area contributed by atoms with Gasteiger partial charge in [0.15, 0.2) is 0 Å². The van der Waals surface area contributed by atoms with Crippen LogP contribution in [0.3, 0.4) is 0 Å². The highest BCUT2D eigenvalue weighted by molar-refractivity contribution is 8.04. The molecule has 184 valence electrons. The monoisotopic (exact) mass is 508 g/mol. The fourth-order valence-corrected chi connectivity index (χ4v) is 5.23. The molecule has 4 aromatic carbocycles. The zero-order valence-electron chi connectivity index (χ0n) is 20.3. The number of fused-ring (bicyclic) bond motifs is 1. The summed E-state index contributed by atoms with van der Waals surface area (Å²) < 4.78 is 13.2. The smallest absolute Gasteiger partial charge is 0.265 e. The van der Waals surface area contributed by atoms with Crippen LogP contribution >= 0.6 is 11.8 Å². The Labute approximate surface area is 219 Å². The molecule has 5 rings (SSSR count). The predicted octanol–water partition coefficient (Wildman–Crippen LogP) is 6.74. The standard InChI is InChI=1S/C31H25FN2O2S/c1-21-6-5-9-24(16-21)20-34-27-18-25(30(35)33-19-23-10-13-26(32)14-11-23)12-15-28(27)37-29(31(34)36)17-22-7-3-2-4-8-22/h2-18H,19-20H2,1H3,(H,33,35)/b29-17-. The van der Waals surface area contributed by atoms with Gasteiger partial charge in [-0.3, -0.25) is 9.59 Å². The van der Waals surface area contributed by atoms with E-state index < -0.39 is 0 Å². The van der Waals surface area contributed by atoms with Gasteiger partial charge in [-0.1, -0.05) is 84.1 Å². The van der Waals surface area contributed by atoms with Crippen LogP contribution in [0.4, 0.5) is 10.1 Å². The average molecular weight is 509 g/mol. The Morgan fingerprint density at radius 1 is 0.919 bits per heavy atom. The predicted molar refractivity (Wildman–Crippen MR) is 147 cm³/mol. The van der Waals surface area contributed by atoms with Gasteiger partial charge in [0.25, 0.3) is 11.8 Å². The molecule has 0 fully saturated rings. The van der Waals surface area contributed by atoms with E-state index in [-0.39, 0.29) is 24.2 Å². The van der Waals surface area contributed by atoms with E-state index >= 15 is 0 Å².